The zero-order valence-corrected chi connectivity index (χ0v) is 8.71. The molecule has 0 unspecified atom stereocenters. The average molecular weight is 226 g/mol. The summed E-state index contributed by atoms with van der Waals surface area (Å²) in [5.41, 5.74) is 2.41. The van der Waals surface area contributed by atoms with Crippen LogP contribution >= 0.6 is 11.3 Å². The first-order chi connectivity index (χ1) is 7.20. The van der Waals surface area contributed by atoms with Crippen molar-refractivity contribution in [2.24, 2.45) is 5.84 Å². The van der Waals surface area contributed by atoms with E-state index in [0.29, 0.717) is 24.5 Å². The molecule has 1 aromatic rings. The van der Waals surface area contributed by atoms with E-state index in [1.165, 1.54) is 16.2 Å². The summed E-state index contributed by atoms with van der Waals surface area (Å²) in [7, 11) is 0. The van der Waals surface area contributed by atoms with Crippen LogP contribution in [0.3, 0.4) is 0 Å². The number of thiazole rings is 1. The van der Waals surface area contributed by atoms with Gasteiger partial charge in [0.05, 0.1) is 6.54 Å². The molecule has 2 amide bonds. The van der Waals surface area contributed by atoms with E-state index in [9.17, 15) is 9.59 Å². The summed E-state index contributed by atoms with van der Waals surface area (Å²) in [5.74, 6) is 4.95. The zero-order valence-electron chi connectivity index (χ0n) is 7.90. The van der Waals surface area contributed by atoms with Gasteiger partial charge in [-0.15, -0.1) is 0 Å². The van der Waals surface area contributed by atoms with Gasteiger partial charge in [-0.3, -0.25) is 19.9 Å². The first-order valence-corrected chi connectivity index (χ1v) is 5.27. The molecule has 2 heterocycles. The average Bonchev–Trinajstić information content (AvgIpc) is 2.80. The van der Waals surface area contributed by atoms with Crippen LogP contribution in [0.15, 0.2) is 6.20 Å². The molecule has 6 nitrogen and oxygen atoms in total. The van der Waals surface area contributed by atoms with Crippen molar-refractivity contribution in [2.75, 3.05) is 5.43 Å². The minimum atomic E-state index is -0.115. The molecule has 0 aliphatic carbocycles. The number of nitrogens with two attached hydrogens (primary N) is 1. The summed E-state index contributed by atoms with van der Waals surface area (Å²) >= 11 is 1.33. The van der Waals surface area contributed by atoms with Crippen LogP contribution in [0.5, 0.6) is 0 Å². The Balaban J connectivity index is 2.07. The number of anilines is 1. The van der Waals surface area contributed by atoms with Crippen LogP contribution in [0.1, 0.15) is 17.7 Å². The maximum Gasteiger partial charge on any atom is 0.230 e. The number of rotatable bonds is 3. The number of likely N-dealkylation sites (tertiary alicyclic amines) is 1. The lowest BCUT2D eigenvalue weighted by Gasteiger charge is -2.11. The fraction of sp³-hybridized carbons (Fsp3) is 0.375. The van der Waals surface area contributed by atoms with Crippen molar-refractivity contribution in [3.8, 4) is 0 Å². The number of amides is 2. The molecule has 7 heteroatoms. The third-order valence-electron chi connectivity index (χ3n) is 2.15. The Labute approximate surface area is 90.1 Å². The first-order valence-electron chi connectivity index (χ1n) is 4.45. The second kappa shape index (κ2) is 3.95. The molecule has 1 aromatic heterocycles. The SMILES string of the molecule is NNc1ncc(CN2C(=O)CCC2=O)s1. The lowest BCUT2D eigenvalue weighted by atomic mass is 10.4. The highest BCUT2D eigenvalue weighted by molar-refractivity contribution is 7.15. The van der Waals surface area contributed by atoms with E-state index in [4.69, 9.17) is 5.84 Å². The summed E-state index contributed by atoms with van der Waals surface area (Å²) in [4.78, 5) is 28.7. The molecule has 15 heavy (non-hydrogen) atoms. The molecule has 1 fully saturated rings. The number of aromatic nitrogens is 1. The molecule has 1 aliphatic heterocycles. The van der Waals surface area contributed by atoms with Crippen molar-refractivity contribution < 1.29 is 9.59 Å². The van der Waals surface area contributed by atoms with E-state index in [0.717, 1.165) is 4.88 Å². The molecule has 0 saturated carbocycles. The Morgan fingerprint density at radius 3 is 2.67 bits per heavy atom. The second-order valence-corrected chi connectivity index (χ2v) is 4.26. The number of hydrogen-bond acceptors (Lipinski definition) is 6. The largest absolute Gasteiger partial charge is 0.300 e. The first kappa shape index (κ1) is 10.1. The van der Waals surface area contributed by atoms with Gasteiger partial charge in [-0.2, -0.15) is 0 Å². The van der Waals surface area contributed by atoms with E-state index in [1.807, 2.05) is 0 Å². The Hall–Kier alpha value is -1.47. The molecular formula is C8H10N4O2S. The minimum absolute atomic E-state index is 0.115. The second-order valence-electron chi connectivity index (χ2n) is 3.15. The molecule has 2 rings (SSSR count). The lowest BCUT2D eigenvalue weighted by molar-refractivity contribution is -0.138. The van der Waals surface area contributed by atoms with Crippen molar-refractivity contribution in [3.63, 3.8) is 0 Å². The van der Waals surface area contributed by atoms with Gasteiger partial charge in [0.2, 0.25) is 11.8 Å². The highest BCUT2D eigenvalue weighted by Crippen LogP contribution is 2.21. The van der Waals surface area contributed by atoms with Crippen LogP contribution in [0, 0.1) is 0 Å². The molecule has 1 aliphatic rings. The molecule has 3 N–H and O–H groups in total. The highest BCUT2D eigenvalue weighted by atomic mass is 32.1. The van der Waals surface area contributed by atoms with Crippen molar-refractivity contribution >= 4 is 28.3 Å². The standard InChI is InChI=1S/C8H10N4O2S/c9-11-8-10-3-5(15-8)4-12-6(13)1-2-7(12)14/h3H,1-2,4,9H2,(H,10,11). The third kappa shape index (κ3) is 1.97. The fourth-order valence-electron chi connectivity index (χ4n) is 1.40. The number of carbonyl (C=O) groups excluding carboxylic acids is 2. The molecular weight excluding hydrogens is 216 g/mol. The number of nitrogens with one attached hydrogen (secondary N) is 1. The predicted octanol–water partition coefficient (Wildman–Crippen LogP) is 0.0777. The van der Waals surface area contributed by atoms with Crippen LogP contribution in [0.4, 0.5) is 5.13 Å². The van der Waals surface area contributed by atoms with Crippen LogP contribution in [0.25, 0.3) is 0 Å². The number of nitrogen functional groups attached to an aromatic ring is 1. The van der Waals surface area contributed by atoms with Crippen molar-refractivity contribution in [1.29, 1.82) is 0 Å². The van der Waals surface area contributed by atoms with Crippen LogP contribution in [-0.2, 0) is 16.1 Å². The van der Waals surface area contributed by atoms with Gasteiger partial charge in [-0.25, -0.2) is 10.8 Å². The van der Waals surface area contributed by atoms with Gasteiger partial charge in [0.1, 0.15) is 0 Å². The van der Waals surface area contributed by atoms with Gasteiger partial charge in [0.15, 0.2) is 5.13 Å². The molecule has 80 valence electrons. The summed E-state index contributed by atoms with van der Waals surface area (Å²) < 4.78 is 0. The lowest BCUT2D eigenvalue weighted by Crippen LogP contribution is -2.27. The smallest absolute Gasteiger partial charge is 0.230 e. The van der Waals surface area contributed by atoms with Crippen LogP contribution < -0.4 is 11.3 Å². The van der Waals surface area contributed by atoms with E-state index in [1.54, 1.807) is 6.20 Å². The summed E-state index contributed by atoms with van der Waals surface area (Å²) in [6.45, 7) is 0.303. The van der Waals surface area contributed by atoms with Gasteiger partial charge in [-0.1, -0.05) is 11.3 Å². The Bertz CT molecular complexity index is 387. The van der Waals surface area contributed by atoms with Crippen molar-refractivity contribution in [3.05, 3.63) is 11.1 Å². The number of nitrogens with zero attached hydrogens (tertiary/aromatic N) is 2. The molecule has 1 saturated heterocycles. The number of hydrogen-bond donors (Lipinski definition) is 2. The number of hydrazine groups is 1. The Kier molecular flexibility index (Phi) is 2.65. The van der Waals surface area contributed by atoms with Crippen LogP contribution in [0.2, 0.25) is 0 Å². The molecule has 0 bridgehead atoms. The van der Waals surface area contributed by atoms with Gasteiger partial charge >= 0.3 is 0 Å². The Morgan fingerprint density at radius 1 is 1.47 bits per heavy atom. The number of carbonyl (C=O) groups is 2. The molecule has 0 atom stereocenters. The topological polar surface area (TPSA) is 88.3 Å². The fourth-order valence-corrected chi connectivity index (χ4v) is 2.11. The van der Waals surface area contributed by atoms with E-state index in [2.05, 4.69) is 10.4 Å². The molecule has 0 spiro atoms. The highest BCUT2D eigenvalue weighted by Gasteiger charge is 2.29. The van der Waals surface area contributed by atoms with Gasteiger partial charge < -0.3 is 0 Å². The predicted molar refractivity (Wildman–Crippen MR) is 54.7 cm³/mol. The zero-order chi connectivity index (χ0) is 10.8. The van der Waals surface area contributed by atoms with E-state index < -0.39 is 0 Å². The normalized spacial score (nSPS) is 16.2. The monoisotopic (exact) mass is 226 g/mol. The van der Waals surface area contributed by atoms with Crippen molar-refractivity contribution in [2.45, 2.75) is 19.4 Å². The van der Waals surface area contributed by atoms with Crippen molar-refractivity contribution in [1.82, 2.24) is 9.88 Å². The van der Waals surface area contributed by atoms with E-state index >= 15 is 0 Å². The summed E-state index contributed by atoms with van der Waals surface area (Å²) in [6, 6.07) is 0. The summed E-state index contributed by atoms with van der Waals surface area (Å²) in [6.07, 6.45) is 2.25. The minimum Gasteiger partial charge on any atom is -0.300 e. The molecule has 0 radical (unpaired) electrons. The van der Waals surface area contributed by atoms with Gasteiger partial charge in [-0.05, 0) is 0 Å². The third-order valence-corrected chi connectivity index (χ3v) is 3.06. The van der Waals surface area contributed by atoms with Gasteiger partial charge in [0, 0.05) is 23.9 Å². The quantitative estimate of drug-likeness (QED) is 0.433. The maximum absolute atomic E-state index is 11.3. The van der Waals surface area contributed by atoms with E-state index in [-0.39, 0.29) is 11.8 Å². The van der Waals surface area contributed by atoms with Crippen LogP contribution in [-0.4, -0.2) is 21.7 Å². The number of imide groups is 1. The molecule has 0 aromatic carbocycles. The maximum atomic E-state index is 11.3. The Morgan fingerprint density at radius 2 is 2.13 bits per heavy atom. The van der Waals surface area contributed by atoms with Gasteiger partial charge in [0.25, 0.3) is 0 Å². The summed E-state index contributed by atoms with van der Waals surface area (Å²) in [5, 5.41) is 0.573.